The molecule has 1 aliphatic carbocycles. The molecule has 3 rings (SSSR count). The minimum Gasteiger partial charge on any atom is -0.454 e. The maximum Gasteiger partial charge on any atom is 0.325 e. The average molecular weight is 387 g/mol. The Morgan fingerprint density at radius 2 is 1.74 bits per heavy atom. The van der Waals surface area contributed by atoms with Crippen LogP contribution in [0.4, 0.5) is 5.69 Å². The van der Waals surface area contributed by atoms with Gasteiger partial charge < -0.3 is 15.4 Å². The second-order valence-electron chi connectivity index (χ2n) is 6.24. The fourth-order valence-corrected chi connectivity index (χ4v) is 3.03. The van der Waals surface area contributed by atoms with Crippen LogP contribution in [0.1, 0.15) is 27.9 Å². The molecule has 2 N–H and O–H groups in total. The van der Waals surface area contributed by atoms with Crippen LogP contribution < -0.4 is 10.6 Å². The zero-order valence-electron chi connectivity index (χ0n) is 14.6. The first-order valence-corrected chi connectivity index (χ1v) is 9.00. The Morgan fingerprint density at radius 1 is 1.00 bits per heavy atom. The van der Waals surface area contributed by atoms with E-state index in [1.807, 2.05) is 18.2 Å². The van der Waals surface area contributed by atoms with Gasteiger partial charge in [0.05, 0.1) is 0 Å². The van der Waals surface area contributed by atoms with Gasteiger partial charge in [0.1, 0.15) is 6.54 Å². The molecule has 7 heteroatoms. The molecule has 0 fully saturated rings. The van der Waals surface area contributed by atoms with E-state index in [2.05, 4.69) is 10.6 Å². The smallest absolute Gasteiger partial charge is 0.325 e. The third-order valence-corrected chi connectivity index (χ3v) is 4.50. The number of ether oxygens (including phenoxy) is 1. The minimum absolute atomic E-state index is 0.326. The molecule has 0 saturated heterocycles. The molecule has 0 saturated carbocycles. The molecule has 0 spiro atoms. The number of rotatable bonds is 6. The second kappa shape index (κ2) is 8.68. The van der Waals surface area contributed by atoms with Gasteiger partial charge in [-0.05, 0) is 66.8 Å². The molecular formula is C20H19ClN2O4. The van der Waals surface area contributed by atoms with Gasteiger partial charge in [0.15, 0.2) is 6.61 Å². The quantitative estimate of drug-likeness (QED) is 0.747. The molecule has 0 radical (unpaired) electrons. The molecule has 0 atom stereocenters. The predicted octanol–water partition coefficient (Wildman–Crippen LogP) is 2.74. The van der Waals surface area contributed by atoms with E-state index in [-0.39, 0.29) is 6.54 Å². The Hall–Kier alpha value is -2.86. The summed E-state index contributed by atoms with van der Waals surface area (Å²) in [7, 11) is 0. The maximum atomic E-state index is 11.9. The highest BCUT2D eigenvalue weighted by molar-refractivity contribution is 6.30. The number of carbonyl (C=O) groups is 3. The lowest BCUT2D eigenvalue weighted by molar-refractivity contribution is -0.146. The summed E-state index contributed by atoms with van der Waals surface area (Å²) < 4.78 is 4.89. The van der Waals surface area contributed by atoms with Gasteiger partial charge in [-0.3, -0.25) is 14.4 Å². The van der Waals surface area contributed by atoms with E-state index >= 15 is 0 Å². The number of amides is 2. The zero-order chi connectivity index (χ0) is 19.2. The van der Waals surface area contributed by atoms with E-state index in [4.69, 9.17) is 16.3 Å². The Balaban J connectivity index is 1.40. The van der Waals surface area contributed by atoms with E-state index in [1.54, 1.807) is 24.3 Å². The highest BCUT2D eigenvalue weighted by atomic mass is 35.5. The predicted molar refractivity (Wildman–Crippen MR) is 102 cm³/mol. The molecule has 27 heavy (non-hydrogen) atoms. The van der Waals surface area contributed by atoms with Crippen LogP contribution in [0.2, 0.25) is 5.02 Å². The number of esters is 1. The first-order valence-electron chi connectivity index (χ1n) is 8.62. The van der Waals surface area contributed by atoms with Gasteiger partial charge in [-0.1, -0.05) is 17.7 Å². The van der Waals surface area contributed by atoms with E-state index < -0.39 is 24.4 Å². The SMILES string of the molecule is O=C(COC(=O)CNC(=O)c1ccc(Cl)cc1)Nc1ccc2c(c1)CCC2. The summed E-state index contributed by atoms with van der Waals surface area (Å²) in [4.78, 5) is 35.5. The van der Waals surface area contributed by atoms with Gasteiger partial charge in [-0.15, -0.1) is 0 Å². The van der Waals surface area contributed by atoms with Gasteiger partial charge in [0.25, 0.3) is 11.8 Å². The molecule has 140 valence electrons. The lowest BCUT2D eigenvalue weighted by Crippen LogP contribution is -2.32. The summed E-state index contributed by atoms with van der Waals surface area (Å²) in [5.41, 5.74) is 3.62. The molecule has 2 aromatic rings. The van der Waals surface area contributed by atoms with Crippen molar-refractivity contribution in [1.29, 1.82) is 0 Å². The molecular weight excluding hydrogens is 368 g/mol. The molecule has 0 aliphatic heterocycles. The van der Waals surface area contributed by atoms with Crippen LogP contribution in [-0.4, -0.2) is 30.9 Å². The van der Waals surface area contributed by atoms with Crippen LogP contribution in [0.15, 0.2) is 42.5 Å². The Bertz CT molecular complexity index is 865. The highest BCUT2D eigenvalue weighted by Crippen LogP contribution is 2.24. The summed E-state index contributed by atoms with van der Waals surface area (Å²) in [6.07, 6.45) is 3.22. The van der Waals surface area contributed by atoms with Crippen molar-refractivity contribution in [3.05, 3.63) is 64.2 Å². The summed E-state index contributed by atoms with van der Waals surface area (Å²) >= 11 is 5.76. The summed E-state index contributed by atoms with van der Waals surface area (Å²) in [6.45, 7) is -0.736. The molecule has 6 nitrogen and oxygen atoms in total. The Labute approximate surface area is 161 Å². The lowest BCUT2D eigenvalue weighted by atomic mass is 10.1. The van der Waals surface area contributed by atoms with Gasteiger partial charge in [-0.2, -0.15) is 0 Å². The van der Waals surface area contributed by atoms with Crippen molar-refractivity contribution in [1.82, 2.24) is 5.32 Å². The number of carbonyl (C=O) groups excluding carboxylic acids is 3. The Morgan fingerprint density at radius 3 is 2.52 bits per heavy atom. The third-order valence-electron chi connectivity index (χ3n) is 4.25. The fourth-order valence-electron chi connectivity index (χ4n) is 2.90. The van der Waals surface area contributed by atoms with Crippen LogP contribution in [0, 0.1) is 0 Å². The van der Waals surface area contributed by atoms with Crippen molar-refractivity contribution in [2.75, 3.05) is 18.5 Å². The van der Waals surface area contributed by atoms with E-state index in [1.165, 1.54) is 11.1 Å². The van der Waals surface area contributed by atoms with E-state index in [9.17, 15) is 14.4 Å². The first-order chi connectivity index (χ1) is 13.0. The standard InChI is InChI=1S/C20H19ClN2O4/c21-16-7-4-14(5-8-16)20(26)22-11-19(25)27-12-18(24)23-17-9-6-13-2-1-3-15(13)10-17/h4-10H,1-3,11-12H2,(H,22,26)(H,23,24). The topological polar surface area (TPSA) is 84.5 Å². The molecule has 0 bridgehead atoms. The normalized spacial score (nSPS) is 12.2. The summed E-state index contributed by atoms with van der Waals surface area (Å²) in [5, 5.41) is 5.65. The van der Waals surface area contributed by atoms with Crippen molar-refractivity contribution in [3.63, 3.8) is 0 Å². The molecule has 0 unspecified atom stereocenters. The monoisotopic (exact) mass is 386 g/mol. The summed E-state index contributed by atoms with van der Waals surface area (Å²) in [6, 6.07) is 12.1. The molecule has 2 aromatic carbocycles. The van der Waals surface area contributed by atoms with Gasteiger partial charge >= 0.3 is 5.97 Å². The van der Waals surface area contributed by atoms with Crippen molar-refractivity contribution in [3.8, 4) is 0 Å². The van der Waals surface area contributed by atoms with Crippen LogP contribution >= 0.6 is 11.6 Å². The van der Waals surface area contributed by atoms with Gasteiger partial charge in [-0.25, -0.2) is 0 Å². The summed E-state index contributed by atoms with van der Waals surface area (Å²) in [5.74, 6) is -1.54. The molecule has 1 aliphatic rings. The minimum atomic E-state index is -0.693. The van der Waals surface area contributed by atoms with Crippen molar-refractivity contribution in [2.24, 2.45) is 0 Å². The number of benzene rings is 2. The number of halogens is 1. The lowest BCUT2D eigenvalue weighted by Gasteiger charge is -2.09. The first kappa shape index (κ1) is 18.9. The number of hydrogen-bond donors (Lipinski definition) is 2. The van der Waals surface area contributed by atoms with E-state index in [0.717, 1.165) is 19.3 Å². The van der Waals surface area contributed by atoms with Crippen molar-refractivity contribution >= 4 is 35.1 Å². The maximum absolute atomic E-state index is 11.9. The van der Waals surface area contributed by atoms with Gasteiger partial charge in [0, 0.05) is 16.3 Å². The van der Waals surface area contributed by atoms with Crippen molar-refractivity contribution in [2.45, 2.75) is 19.3 Å². The van der Waals surface area contributed by atoms with E-state index in [0.29, 0.717) is 16.3 Å². The van der Waals surface area contributed by atoms with Crippen LogP contribution in [-0.2, 0) is 27.2 Å². The van der Waals surface area contributed by atoms with Crippen LogP contribution in [0.25, 0.3) is 0 Å². The van der Waals surface area contributed by atoms with Crippen molar-refractivity contribution < 1.29 is 19.1 Å². The molecule has 0 heterocycles. The average Bonchev–Trinajstić information content (AvgIpc) is 3.13. The highest BCUT2D eigenvalue weighted by Gasteiger charge is 2.13. The van der Waals surface area contributed by atoms with Gasteiger partial charge in [0.2, 0.25) is 0 Å². The number of aryl methyl sites for hydroxylation is 2. The van der Waals surface area contributed by atoms with Crippen LogP contribution in [0.3, 0.4) is 0 Å². The largest absolute Gasteiger partial charge is 0.454 e. The third kappa shape index (κ3) is 5.31. The number of anilines is 1. The second-order valence-corrected chi connectivity index (χ2v) is 6.67. The number of nitrogens with one attached hydrogen (secondary N) is 2. The molecule has 0 aromatic heterocycles. The molecule has 2 amide bonds. The fraction of sp³-hybridized carbons (Fsp3) is 0.250. The number of fused-ring (bicyclic) bond motifs is 1. The number of hydrogen-bond acceptors (Lipinski definition) is 4. The van der Waals surface area contributed by atoms with Crippen LogP contribution in [0.5, 0.6) is 0 Å². The zero-order valence-corrected chi connectivity index (χ0v) is 15.3. The Kier molecular flexibility index (Phi) is 6.08.